The number of anilines is 2. The van der Waals surface area contributed by atoms with Gasteiger partial charge in [-0.25, -0.2) is 24.6 Å². The normalized spacial score (nSPS) is 11.1. The van der Waals surface area contributed by atoms with E-state index >= 15 is 0 Å². The van der Waals surface area contributed by atoms with E-state index in [1.54, 1.807) is 13.3 Å². The molecule has 3 heterocycles. The zero-order valence-electron chi connectivity index (χ0n) is 19.8. The Labute approximate surface area is 197 Å². The van der Waals surface area contributed by atoms with Crippen LogP contribution < -0.4 is 10.1 Å². The van der Waals surface area contributed by atoms with Gasteiger partial charge in [0.1, 0.15) is 5.75 Å². The van der Waals surface area contributed by atoms with E-state index in [0.717, 1.165) is 45.0 Å². The van der Waals surface area contributed by atoms with Crippen LogP contribution in [-0.4, -0.2) is 36.8 Å². The molecular formula is C26H25N7O. The second-order valence-corrected chi connectivity index (χ2v) is 8.25. The number of rotatable bonds is 5. The highest BCUT2D eigenvalue weighted by atomic mass is 16.5. The summed E-state index contributed by atoms with van der Waals surface area (Å²) in [6.45, 7) is 8.13. The van der Waals surface area contributed by atoms with E-state index in [0.29, 0.717) is 11.9 Å². The fraction of sp³-hybridized carbons (Fsp3) is 0.192. The Kier molecular flexibility index (Phi) is 5.41. The van der Waals surface area contributed by atoms with Crippen molar-refractivity contribution < 1.29 is 4.74 Å². The van der Waals surface area contributed by atoms with Crippen LogP contribution in [0.5, 0.6) is 5.75 Å². The molecule has 0 bridgehead atoms. The molecule has 0 aliphatic rings. The molecule has 0 atom stereocenters. The molecule has 5 aromatic rings. The smallest absolute Gasteiger partial charge is 0.230 e. The molecule has 0 spiro atoms. The third kappa shape index (κ3) is 4.05. The van der Waals surface area contributed by atoms with Gasteiger partial charge in [-0.1, -0.05) is 0 Å². The highest BCUT2D eigenvalue weighted by molar-refractivity contribution is 5.83. The fourth-order valence-electron chi connectivity index (χ4n) is 3.84. The van der Waals surface area contributed by atoms with Gasteiger partial charge >= 0.3 is 0 Å². The van der Waals surface area contributed by atoms with Crippen molar-refractivity contribution in [3.63, 3.8) is 0 Å². The van der Waals surface area contributed by atoms with E-state index in [9.17, 15) is 0 Å². The van der Waals surface area contributed by atoms with Gasteiger partial charge in [0.2, 0.25) is 11.9 Å². The summed E-state index contributed by atoms with van der Waals surface area (Å²) in [5.74, 6) is 1.70. The van der Waals surface area contributed by atoms with Crippen LogP contribution in [0.1, 0.15) is 22.5 Å². The summed E-state index contributed by atoms with van der Waals surface area (Å²) in [6.07, 6.45) is 3.68. The van der Waals surface area contributed by atoms with Crippen LogP contribution >= 0.6 is 0 Å². The van der Waals surface area contributed by atoms with E-state index in [2.05, 4.69) is 51.3 Å². The summed E-state index contributed by atoms with van der Waals surface area (Å²) in [6, 6.07) is 13.8. The van der Waals surface area contributed by atoms with Crippen molar-refractivity contribution in [2.45, 2.75) is 27.7 Å². The summed E-state index contributed by atoms with van der Waals surface area (Å²) >= 11 is 0. The summed E-state index contributed by atoms with van der Waals surface area (Å²) in [7, 11) is 1.65. The van der Waals surface area contributed by atoms with Gasteiger partial charge in [-0.3, -0.25) is 5.32 Å². The van der Waals surface area contributed by atoms with Gasteiger partial charge < -0.3 is 4.74 Å². The van der Waals surface area contributed by atoms with E-state index in [1.165, 1.54) is 11.1 Å². The van der Waals surface area contributed by atoms with Crippen molar-refractivity contribution in [1.29, 1.82) is 0 Å². The molecule has 34 heavy (non-hydrogen) atoms. The van der Waals surface area contributed by atoms with Gasteiger partial charge in [-0.15, -0.1) is 0 Å². The minimum Gasteiger partial charge on any atom is -0.497 e. The molecule has 170 valence electrons. The predicted molar refractivity (Wildman–Crippen MR) is 133 cm³/mol. The number of fused-ring (bicyclic) bond motifs is 1. The number of nitrogens with zero attached hydrogens (tertiary/aromatic N) is 6. The molecule has 3 aromatic heterocycles. The monoisotopic (exact) mass is 451 g/mol. The fourth-order valence-corrected chi connectivity index (χ4v) is 3.84. The maximum Gasteiger partial charge on any atom is 0.230 e. The Hall–Kier alpha value is -4.33. The lowest BCUT2D eigenvalue weighted by Crippen LogP contribution is -2.03. The van der Waals surface area contributed by atoms with E-state index in [1.807, 2.05) is 55.1 Å². The molecule has 0 aliphatic carbocycles. The van der Waals surface area contributed by atoms with E-state index in [4.69, 9.17) is 9.72 Å². The molecule has 8 heteroatoms. The second kappa shape index (κ2) is 8.55. The third-order valence-corrected chi connectivity index (χ3v) is 5.89. The minimum atomic E-state index is 0.427. The highest BCUT2D eigenvalue weighted by Gasteiger charge is 2.13. The van der Waals surface area contributed by atoms with Crippen molar-refractivity contribution in [3.05, 3.63) is 77.4 Å². The van der Waals surface area contributed by atoms with Gasteiger partial charge in [0, 0.05) is 23.3 Å². The molecule has 0 saturated heterocycles. The number of methoxy groups -OCH3 is 1. The summed E-state index contributed by atoms with van der Waals surface area (Å²) < 4.78 is 7.08. The molecule has 0 radical (unpaired) electrons. The Morgan fingerprint density at radius 1 is 0.824 bits per heavy atom. The van der Waals surface area contributed by atoms with E-state index < -0.39 is 0 Å². The minimum absolute atomic E-state index is 0.427. The SMILES string of the molecule is COc1ccc(-n2cc(-c3ccnc(Nc4nc(C)c5cc(C)c(C)cc5n4)n3)c(C)n2)cc1. The zero-order chi connectivity index (χ0) is 23.8. The average Bonchev–Trinajstić information content (AvgIpc) is 3.22. The van der Waals surface area contributed by atoms with Crippen LogP contribution in [0.25, 0.3) is 27.8 Å². The first-order valence-electron chi connectivity index (χ1n) is 11.0. The number of hydrogen-bond acceptors (Lipinski definition) is 7. The standard InChI is InChI=1S/C26H25N7O/c1-15-12-21-17(3)28-26(30-24(21)13-16(15)2)31-25-27-11-10-23(29-25)22-14-33(32-18(22)4)19-6-8-20(34-5)9-7-19/h6-14H,1-5H3,(H,27,28,29,30,31). The second-order valence-electron chi connectivity index (χ2n) is 8.25. The predicted octanol–water partition coefficient (Wildman–Crippen LogP) is 5.26. The van der Waals surface area contributed by atoms with Crippen molar-refractivity contribution in [2.24, 2.45) is 0 Å². The molecule has 0 fully saturated rings. The van der Waals surface area contributed by atoms with Crippen molar-refractivity contribution in [1.82, 2.24) is 29.7 Å². The Morgan fingerprint density at radius 3 is 2.35 bits per heavy atom. The maximum atomic E-state index is 5.24. The van der Waals surface area contributed by atoms with Gasteiger partial charge in [-0.2, -0.15) is 5.10 Å². The first kappa shape index (κ1) is 21.5. The first-order chi connectivity index (χ1) is 16.4. The topological polar surface area (TPSA) is 90.6 Å². The summed E-state index contributed by atoms with van der Waals surface area (Å²) in [5.41, 5.74) is 7.70. The number of nitrogens with one attached hydrogen (secondary N) is 1. The van der Waals surface area contributed by atoms with Crippen LogP contribution in [0.2, 0.25) is 0 Å². The zero-order valence-corrected chi connectivity index (χ0v) is 19.8. The number of aryl methyl sites for hydroxylation is 4. The molecule has 8 nitrogen and oxygen atoms in total. The molecule has 2 aromatic carbocycles. The Balaban J connectivity index is 1.45. The largest absolute Gasteiger partial charge is 0.497 e. The first-order valence-corrected chi connectivity index (χ1v) is 11.0. The molecule has 0 unspecified atom stereocenters. The Bertz CT molecular complexity index is 1510. The van der Waals surface area contributed by atoms with Gasteiger partial charge in [0.25, 0.3) is 0 Å². The van der Waals surface area contributed by atoms with Crippen LogP contribution in [0.4, 0.5) is 11.9 Å². The maximum absolute atomic E-state index is 5.24. The van der Waals surface area contributed by atoms with E-state index in [-0.39, 0.29) is 0 Å². The van der Waals surface area contributed by atoms with Crippen LogP contribution in [-0.2, 0) is 0 Å². The number of benzene rings is 2. The van der Waals surface area contributed by atoms with Crippen LogP contribution in [0.15, 0.2) is 54.9 Å². The number of aromatic nitrogens is 6. The molecule has 1 N–H and O–H groups in total. The molecule has 5 rings (SSSR count). The summed E-state index contributed by atoms with van der Waals surface area (Å²) in [4.78, 5) is 18.4. The quantitative estimate of drug-likeness (QED) is 0.390. The molecular weight excluding hydrogens is 426 g/mol. The third-order valence-electron chi connectivity index (χ3n) is 5.89. The summed E-state index contributed by atoms with van der Waals surface area (Å²) in [5, 5.41) is 8.87. The molecule has 0 aliphatic heterocycles. The van der Waals surface area contributed by atoms with Crippen molar-refractivity contribution >= 4 is 22.8 Å². The molecule has 0 amide bonds. The van der Waals surface area contributed by atoms with Gasteiger partial charge in [-0.05, 0) is 81.3 Å². The lowest BCUT2D eigenvalue weighted by atomic mass is 10.1. The highest BCUT2D eigenvalue weighted by Crippen LogP contribution is 2.25. The van der Waals surface area contributed by atoms with Crippen molar-refractivity contribution in [2.75, 3.05) is 12.4 Å². The molecule has 0 saturated carbocycles. The number of hydrogen-bond donors (Lipinski definition) is 1. The van der Waals surface area contributed by atoms with Crippen molar-refractivity contribution in [3.8, 4) is 22.7 Å². The lowest BCUT2D eigenvalue weighted by molar-refractivity contribution is 0.414. The van der Waals surface area contributed by atoms with Crippen LogP contribution in [0.3, 0.4) is 0 Å². The Morgan fingerprint density at radius 2 is 1.59 bits per heavy atom. The lowest BCUT2D eigenvalue weighted by Gasteiger charge is -2.09. The van der Waals surface area contributed by atoms with Crippen LogP contribution in [0, 0.1) is 27.7 Å². The average molecular weight is 452 g/mol. The van der Waals surface area contributed by atoms with Gasteiger partial charge in [0.15, 0.2) is 0 Å². The van der Waals surface area contributed by atoms with Gasteiger partial charge in [0.05, 0.1) is 35.4 Å². The number of ether oxygens (including phenoxy) is 1.